The fraction of sp³-hybridized carbons (Fsp3) is 0.200. The summed E-state index contributed by atoms with van der Waals surface area (Å²) in [6, 6.07) is 7.65. The smallest absolute Gasteiger partial charge is 0.339 e. The summed E-state index contributed by atoms with van der Waals surface area (Å²) in [7, 11) is 0. The summed E-state index contributed by atoms with van der Waals surface area (Å²) in [5.74, 6) is -2.06. The molecule has 0 spiro atoms. The molecule has 0 saturated carbocycles. The van der Waals surface area contributed by atoms with Gasteiger partial charge in [-0.2, -0.15) is 0 Å². The number of hydrogen-bond acceptors (Lipinski definition) is 3. The molecule has 104 valence electrons. The molecular formula is C15H14FNO3. The Labute approximate surface area is 115 Å². The van der Waals surface area contributed by atoms with Crippen molar-refractivity contribution in [2.24, 2.45) is 0 Å². The zero-order valence-electron chi connectivity index (χ0n) is 10.8. The van der Waals surface area contributed by atoms with E-state index in [4.69, 9.17) is 9.84 Å². The Balaban J connectivity index is 1.93. The molecule has 0 fully saturated rings. The molecule has 0 saturated heterocycles. The van der Waals surface area contributed by atoms with Gasteiger partial charge < -0.3 is 9.84 Å². The maximum atomic E-state index is 13.6. The molecular weight excluding hydrogens is 261 g/mol. The van der Waals surface area contributed by atoms with E-state index in [1.165, 1.54) is 18.2 Å². The number of carbonyl (C=O) groups is 1. The second kappa shape index (κ2) is 6.65. The van der Waals surface area contributed by atoms with Gasteiger partial charge in [0.1, 0.15) is 5.56 Å². The minimum atomic E-state index is -1.20. The molecule has 1 heterocycles. The van der Waals surface area contributed by atoms with Crippen molar-refractivity contribution in [3.8, 4) is 5.75 Å². The molecule has 5 heteroatoms. The van der Waals surface area contributed by atoms with Gasteiger partial charge in [-0.25, -0.2) is 9.18 Å². The van der Waals surface area contributed by atoms with Crippen molar-refractivity contribution in [1.82, 2.24) is 4.98 Å². The molecule has 0 atom stereocenters. The highest BCUT2D eigenvalue weighted by Gasteiger charge is 2.15. The Hall–Kier alpha value is -2.43. The van der Waals surface area contributed by atoms with Gasteiger partial charge >= 0.3 is 5.97 Å². The first-order valence-corrected chi connectivity index (χ1v) is 6.22. The Morgan fingerprint density at radius 1 is 1.25 bits per heavy atom. The zero-order chi connectivity index (χ0) is 14.4. The van der Waals surface area contributed by atoms with Gasteiger partial charge in [0.05, 0.1) is 6.61 Å². The first-order valence-electron chi connectivity index (χ1n) is 6.22. The Bertz CT molecular complexity index is 587. The van der Waals surface area contributed by atoms with E-state index in [0.29, 0.717) is 6.42 Å². The third-order valence-corrected chi connectivity index (χ3v) is 2.80. The topological polar surface area (TPSA) is 59.4 Å². The van der Waals surface area contributed by atoms with Crippen molar-refractivity contribution in [1.29, 1.82) is 0 Å². The molecule has 1 N–H and O–H groups in total. The fourth-order valence-electron chi connectivity index (χ4n) is 1.82. The predicted molar refractivity (Wildman–Crippen MR) is 71.4 cm³/mol. The maximum absolute atomic E-state index is 13.6. The first-order chi connectivity index (χ1) is 9.68. The SMILES string of the molecule is O=C(O)c1cccc(F)c1OCCCc1ccncc1. The quantitative estimate of drug-likeness (QED) is 0.823. The van der Waals surface area contributed by atoms with Crippen LogP contribution in [0.1, 0.15) is 22.3 Å². The van der Waals surface area contributed by atoms with Crippen LogP contribution in [0.15, 0.2) is 42.7 Å². The number of carboxylic acid groups (broad SMARTS) is 1. The van der Waals surface area contributed by atoms with Gasteiger partial charge in [0.15, 0.2) is 11.6 Å². The molecule has 0 bridgehead atoms. The lowest BCUT2D eigenvalue weighted by Gasteiger charge is -2.09. The summed E-state index contributed by atoms with van der Waals surface area (Å²) in [5.41, 5.74) is 0.949. The number of hydrogen-bond donors (Lipinski definition) is 1. The third kappa shape index (κ3) is 3.54. The van der Waals surface area contributed by atoms with E-state index in [1.807, 2.05) is 12.1 Å². The number of carboxylic acids is 1. The number of ether oxygens (including phenoxy) is 1. The molecule has 0 amide bonds. The van der Waals surface area contributed by atoms with Crippen LogP contribution in [0.4, 0.5) is 4.39 Å². The second-order valence-corrected chi connectivity index (χ2v) is 4.23. The van der Waals surface area contributed by atoms with E-state index >= 15 is 0 Å². The molecule has 1 aromatic carbocycles. The maximum Gasteiger partial charge on any atom is 0.339 e. The number of aromatic carboxylic acids is 1. The Kier molecular flexibility index (Phi) is 4.65. The zero-order valence-corrected chi connectivity index (χ0v) is 10.8. The lowest BCUT2D eigenvalue weighted by atomic mass is 10.1. The molecule has 4 nitrogen and oxygen atoms in total. The number of para-hydroxylation sites is 1. The molecule has 0 aliphatic heterocycles. The monoisotopic (exact) mass is 275 g/mol. The standard InChI is InChI=1S/C15H14FNO3/c16-13-5-1-4-12(15(18)19)14(13)20-10-2-3-11-6-8-17-9-7-11/h1,4-9H,2-3,10H2,(H,18,19). The molecule has 2 aromatic rings. The summed E-state index contributed by atoms with van der Waals surface area (Å²) in [4.78, 5) is 14.9. The minimum absolute atomic E-state index is 0.158. The van der Waals surface area contributed by atoms with E-state index in [9.17, 15) is 9.18 Å². The van der Waals surface area contributed by atoms with Crippen molar-refractivity contribution in [3.63, 3.8) is 0 Å². The van der Waals surface area contributed by atoms with Crippen molar-refractivity contribution in [3.05, 3.63) is 59.7 Å². The lowest BCUT2D eigenvalue weighted by molar-refractivity contribution is 0.0691. The van der Waals surface area contributed by atoms with Crippen LogP contribution in [0.25, 0.3) is 0 Å². The van der Waals surface area contributed by atoms with Crippen molar-refractivity contribution in [2.75, 3.05) is 6.61 Å². The highest BCUT2D eigenvalue weighted by atomic mass is 19.1. The number of rotatable bonds is 6. The van der Waals surface area contributed by atoms with Crippen LogP contribution in [0, 0.1) is 5.82 Å². The summed E-state index contributed by atoms with van der Waals surface area (Å²) in [5, 5.41) is 8.97. The van der Waals surface area contributed by atoms with Gasteiger partial charge in [0, 0.05) is 12.4 Å². The van der Waals surface area contributed by atoms with Gasteiger partial charge in [0.2, 0.25) is 0 Å². The summed E-state index contributed by atoms with van der Waals surface area (Å²) in [6.45, 7) is 0.254. The van der Waals surface area contributed by atoms with Crippen molar-refractivity contribution in [2.45, 2.75) is 12.8 Å². The fourth-order valence-corrected chi connectivity index (χ4v) is 1.82. The van der Waals surface area contributed by atoms with E-state index in [-0.39, 0.29) is 17.9 Å². The van der Waals surface area contributed by atoms with Gasteiger partial charge in [-0.05, 0) is 42.7 Å². The summed E-state index contributed by atoms with van der Waals surface area (Å²) < 4.78 is 18.8. The Morgan fingerprint density at radius 2 is 2.00 bits per heavy atom. The molecule has 0 aliphatic carbocycles. The summed E-state index contributed by atoms with van der Waals surface area (Å²) >= 11 is 0. The number of benzene rings is 1. The van der Waals surface area contributed by atoms with E-state index in [2.05, 4.69) is 4.98 Å². The van der Waals surface area contributed by atoms with E-state index in [1.54, 1.807) is 12.4 Å². The van der Waals surface area contributed by atoms with Crippen molar-refractivity contribution < 1.29 is 19.0 Å². The van der Waals surface area contributed by atoms with Gasteiger partial charge in [-0.3, -0.25) is 4.98 Å². The van der Waals surface area contributed by atoms with Crippen LogP contribution in [-0.2, 0) is 6.42 Å². The van der Waals surface area contributed by atoms with Crippen LogP contribution in [0.3, 0.4) is 0 Å². The number of halogens is 1. The summed E-state index contributed by atoms with van der Waals surface area (Å²) in [6.07, 6.45) is 4.84. The second-order valence-electron chi connectivity index (χ2n) is 4.23. The number of nitrogens with zero attached hydrogens (tertiary/aromatic N) is 1. The molecule has 0 aliphatic rings. The molecule has 0 radical (unpaired) electrons. The average molecular weight is 275 g/mol. The van der Waals surface area contributed by atoms with E-state index < -0.39 is 11.8 Å². The molecule has 0 unspecified atom stereocenters. The largest absolute Gasteiger partial charge is 0.490 e. The number of pyridine rings is 1. The highest BCUT2D eigenvalue weighted by Crippen LogP contribution is 2.22. The van der Waals surface area contributed by atoms with E-state index in [0.717, 1.165) is 12.0 Å². The highest BCUT2D eigenvalue weighted by molar-refractivity contribution is 5.90. The number of aromatic nitrogens is 1. The van der Waals surface area contributed by atoms with Crippen LogP contribution >= 0.6 is 0 Å². The van der Waals surface area contributed by atoms with Gasteiger partial charge in [-0.1, -0.05) is 6.07 Å². The van der Waals surface area contributed by atoms with Crippen molar-refractivity contribution >= 4 is 5.97 Å². The Morgan fingerprint density at radius 3 is 2.70 bits per heavy atom. The average Bonchev–Trinajstić information content (AvgIpc) is 2.45. The molecule has 20 heavy (non-hydrogen) atoms. The first kappa shape index (κ1) is 14.0. The van der Waals surface area contributed by atoms with Crippen LogP contribution in [-0.4, -0.2) is 22.7 Å². The van der Waals surface area contributed by atoms with Gasteiger partial charge in [0.25, 0.3) is 0 Å². The number of aryl methyl sites for hydroxylation is 1. The van der Waals surface area contributed by atoms with Gasteiger partial charge in [-0.15, -0.1) is 0 Å². The molecule has 1 aromatic heterocycles. The predicted octanol–water partition coefficient (Wildman–Crippen LogP) is 2.93. The van der Waals surface area contributed by atoms with Crippen LogP contribution in [0.5, 0.6) is 5.75 Å². The third-order valence-electron chi connectivity index (χ3n) is 2.80. The lowest BCUT2D eigenvalue weighted by Crippen LogP contribution is -2.07. The van der Waals surface area contributed by atoms with Crippen LogP contribution in [0.2, 0.25) is 0 Å². The minimum Gasteiger partial charge on any atom is -0.490 e. The normalized spacial score (nSPS) is 10.2. The molecule has 2 rings (SSSR count). The van der Waals surface area contributed by atoms with Crippen LogP contribution < -0.4 is 4.74 Å².